The van der Waals surface area contributed by atoms with Crippen LogP contribution >= 0.6 is 120 Å². The highest BCUT2D eigenvalue weighted by Crippen LogP contribution is 2.67. The van der Waals surface area contributed by atoms with Crippen LogP contribution in [0.3, 0.4) is 0 Å². The van der Waals surface area contributed by atoms with Crippen LogP contribution in [0.5, 0.6) is 0 Å². The minimum atomic E-state index is -0.894. The van der Waals surface area contributed by atoms with Gasteiger partial charge in [-0.15, -0.1) is 34.0 Å². The number of hydrogen-bond acceptors (Lipinski definition) is 18. The standard InChI is InChI=1S/2C28H23Cl2N3O3S.C20H19Cl2NO3.C8H3BrN2S/c2*1-31-16-7-8-21-22(9-16)37-26(32-21)28(34)13-27(14-28)10-17(11-27)35-12-18-24(33-36-25(18)15-5-6-15)23-19(29)3-2-4-20(23)30;21-15-2-1-3-16(22)17(15)18-14(19(26-23-18)11-4-5-11)10-25-13-8-20(9-13)6-12(24)7-20;1-10-5-2-3-6-7(4-5)12-8(9)11-6/h2*2-4,7-9,15,17,34H,5-6,10-14H2;1-3,11,13H,4-10H2;2-4H. The normalized spacial score (nSPS) is 23.8. The molecule has 18 nitrogen and oxygen atoms in total. The molecule has 28 heteroatoms. The van der Waals surface area contributed by atoms with Crippen molar-refractivity contribution in [1.29, 1.82) is 0 Å². The Morgan fingerprint density at radius 3 is 1.05 bits per heavy atom. The molecule has 9 saturated carbocycles. The van der Waals surface area contributed by atoms with E-state index in [0.717, 1.165) is 168 Å². The van der Waals surface area contributed by atoms with Crippen LogP contribution in [0.15, 0.2) is 127 Å². The number of benzene rings is 6. The Labute approximate surface area is 694 Å². The van der Waals surface area contributed by atoms with Crippen molar-refractivity contribution in [3.8, 4) is 33.8 Å². The predicted molar refractivity (Wildman–Crippen MR) is 438 cm³/mol. The van der Waals surface area contributed by atoms with Gasteiger partial charge in [-0.25, -0.2) is 29.5 Å². The van der Waals surface area contributed by atoms with Crippen molar-refractivity contribution >= 4 is 173 Å². The van der Waals surface area contributed by atoms with E-state index in [0.29, 0.717) is 150 Å². The van der Waals surface area contributed by atoms with Crippen molar-refractivity contribution in [2.75, 3.05) is 0 Å². The number of rotatable bonds is 17. The number of ketones is 1. The smallest absolute Gasteiger partial charge is 0.188 e. The van der Waals surface area contributed by atoms with Gasteiger partial charge in [0.05, 0.1) is 105 Å². The first-order valence-corrected chi connectivity index (χ1v) is 42.7. The summed E-state index contributed by atoms with van der Waals surface area (Å²) in [5, 5.41) is 40.4. The molecule has 12 aromatic rings. The second kappa shape index (κ2) is 30.1. The lowest BCUT2D eigenvalue weighted by atomic mass is 9.49. The minimum absolute atomic E-state index is 0.0990. The number of carbonyl (C=O) groups excluding carboxylic acids is 1. The maximum absolute atomic E-state index is 11.3. The zero-order valence-electron chi connectivity index (χ0n) is 59.9. The number of aliphatic hydroxyl groups is 2. The van der Waals surface area contributed by atoms with E-state index in [1.54, 1.807) is 53.8 Å². The number of hydrogen-bond donors (Lipinski definition) is 2. The number of halogens is 7. The van der Waals surface area contributed by atoms with Crippen LogP contribution in [-0.2, 0) is 50.0 Å². The molecule has 0 amide bonds. The number of carbonyl (C=O) groups is 1. The number of ether oxygens (including phenoxy) is 3. The van der Waals surface area contributed by atoms with Gasteiger partial charge in [-0.2, -0.15) is 0 Å². The Morgan fingerprint density at radius 1 is 0.446 bits per heavy atom. The van der Waals surface area contributed by atoms with Crippen LogP contribution in [0.4, 0.5) is 17.1 Å². The molecule has 0 bridgehead atoms. The summed E-state index contributed by atoms with van der Waals surface area (Å²) in [5.41, 5.74) is 10.1. The van der Waals surface area contributed by atoms with Crippen molar-refractivity contribution < 1.29 is 42.8 Å². The van der Waals surface area contributed by atoms with E-state index >= 15 is 0 Å². The van der Waals surface area contributed by atoms with Gasteiger partial charge in [-0.1, -0.05) is 121 Å². The molecule has 9 fully saturated rings. The summed E-state index contributed by atoms with van der Waals surface area (Å²) < 4.78 is 39.8. The van der Waals surface area contributed by atoms with Crippen LogP contribution in [0, 0.1) is 36.0 Å². The first kappa shape index (κ1) is 76.1. The first-order chi connectivity index (χ1) is 54.1. The van der Waals surface area contributed by atoms with E-state index in [1.807, 2.05) is 66.7 Å². The lowest BCUT2D eigenvalue weighted by molar-refractivity contribution is -0.215. The third-order valence-corrected chi connectivity index (χ3v) is 29.1. The lowest BCUT2D eigenvalue weighted by Gasteiger charge is -2.60. The maximum Gasteiger partial charge on any atom is 0.188 e. The second-order valence-electron chi connectivity index (χ2n) is 31.7. The van der Waals surface area contributed by atoms with E-state index in [9.17, 15) is 15.0 Å². The van der Waals surface area contributed by atoms with Crippen molar-refractivity contribution in [1.82, 2.24) is 30.4 Å². The summed E-state index contributed by atoms with van der Waals surface area (Å²) in [4.78, 5) is 35.2. The summed E-state index contributed by atoms with van der Waals surface area (Å²) in [6.07, 6.45) is 16.9. The second-order valence-corrected chi connectivity index (χ2v) is 38.5. The predicted octanol–water partition coefficient (Wildman–Crippen LogP) is 25.2. The van der Waals surface area contributed by atoms with Crippen LogP contribution in [0.25, 0.3) is 79.0 Å². The molecule has 6 heterocycles. The molecule has 2 N–H and O–H groups in total. The lowest BCUT2D eigenvalue weighted by Crippen LogP contribution is -2.58. The van der Waals surface area contributed by atoms with E-state index in [1.165, 1.54) is 22.7 Å². The summed E-state index contributed by atoms with van der Waals surface area (Å²) in [7, 11) is 0. The summed E-state index contributed by atoms with van der Waals surface area (Å²) in [6.45, 7) is 22.5. The molecule has 6 aromatic heterocycles. The van der Waals surface area contributed by atoms with E-state index in [4.69, 9.17) is 117 Å². The van der Waals surface area contributed by atoms with Gasteiger partial charge in [0.25, 0.3) is 0 Å². The molecule has 6 aromatic carbocycles. The van der Waals surface area contributed by atoms with Gasteiger partial charge in [0.2, 0.25) is 0 Å². The van der Waals surface area contributed by atoms with Crippen molar-refractivity contribution in [2.24, 2.45) is 16.2 Å². The first-order valence-electron chi connectivity index (χ1n) is 37.2. The minimum Gasteiger partial charge on any atom is -0.383 e. The Kier molecular flexibility index (Phi) is 20.5. The average molecular weight is 1740 g/mol. The number of Topliss-reactive ketones (excluding diaryl/α,β-unsaturated/α-hetero) is 1. The van der Waals surface area contributed by atoms with Gasteiger partial charge in [-0.05, 0) is 208 Å². The fourth-order valence-corrected chi connectivity index (χ4v) is 22.8. The van der Waals surface area contributed by atoms with E-state index in [-0.39, 0.29) is 34.6 Å². The van der Waals surface area contributed by atoms with Crippen molar-refractivity contribution in [3.63, 3.8) is 0 Å². The zero-order chi connectivity index (χ0) is 77.2. The number of aromatic nitrogens is 6. The summed E-state index contributed by atoms with van der Waals surface area (Å²) >= 11 is 46.5. The highest BCUT2D eigenvalue weighted by Gasteiger charge is 2.63. The zero-order valence-corrected chi connectivity index (χ0v) is 68.4. The van der Waals surface area contributed by atoms with Crippen LogP contribution in [0.2, 0.25) is 30.1 Å². The van der Waals surface area contributed by atoms with Crippen LogP contribution in [0.1, 0.15) is 177 Å². The molecule has 0 aliphatic heterocycles. The number of thiazole rings is 3. The quantitative estimate of drug-likeness (QED) is 0.0811. The molecule has 9 aliphatic rings. The molecule has 9 aliphatic carbocycles. The molecule has 0 saturated heterocycles. The Balaban J connectivity index is 0.000000110. The average Bonchev–Trinajstić information content (AvgIpc) is 1.15. The van der Waals surface area contributed by atoms with Gasteiger partial charge >= 0.3 is 0 Å². The molecule has 3 spiro atoms. The highest BCUT2D eigenvalue weighted by atomic mass is 79.9. The molecule has 0 atom stereocenters. The molecule has 0 unspecified atom stereocenters. The fraction of sp³-hybridized carbons (Fsp3) is 0.381. The Hall–Kier alpha value is -7.22. The Bertz CT molecular complexity index is 5540. The topological polar surface area (TPSA) is 215 Å². The molecule has 0 radical (unpaired) electrons. The van der Waals surface area contributed by atoms with Gasteiger partial charge in [0, 0.05) is 78.1 Å². The number of nitrogens with zero attached hydrogens (tertiary/aromatic N) is 9. The van der Waals surface area contributed by atoms with E-state index in [2.05, 4.69) is 60.9 Å². The highest BCUT2D eigenvalue weighted by molar-refractivity contribution is 9.11. The maximum atomic E-state index is 11.3. The van der Waals surface area contributed by atoms with Gasteiger partial charge in [0.1, 0.15) is 61.4 Å². The third-order valence-electron chi connectivity index (χ3n) is 23.3. The van der Waals surface area contributed by atoms with Crippen molar-refractivity contribution in [2.45, 2.75) is 183 Å². The molecule has 570 valence electrons. The van der Waals surface area contributed by atoms with Crippen molar-refractivity contribution in [3.05, 3.63) is 221 Å². The van der Waals surface area contributed by atoms with Crippen LogP contribution < -0.4 is 0 Å². The SMILES string of the molecule is O=C1CC2(C1)CC(OCc1c(-c3c(Cl)cccc3Cl)noc1C1CC1)C2.[C-]#[N+]c1ccc2nc(Br)sc2c1.[C-]#[N+]c1ccc2nc(C3(O)CC4(CC(OCc5c(-c6c(Cl)cccc6Cl)noc5C5CC5)C4)C3)sc2c1.[C-]#[N+]c1ccc2nc(C3(O)CC4(CC(OCc5c(-c6c(Cl)cccc6Cl)noc5C5CC5)C4)C3)sc2c1. The molecular formula is C84H68BrCl6N9O9S3. The van der Waals surface area contributed by atoms with Gasteiger partial charge < -0.3 is 38.0 Å². The Morgan fingerprint density at radius 2 is 0.750 bits per heavy atom. The number of fused-ring (bicyclic) bond motifs is 3. The van der Waals surface area contributed by atoms with Crippen LogP contribution in [-0.4, -0.2) is 64.7 Å². The monoisotopic (exact) mass is 1730 g/mol. The van der Waals surface area contributed by atoms with E-state index < -0.39 is 11.2 Å². The third kappa shape index (κ3) is 15.0. The fourth-order valence-electron chi connectivity index (χ4n) is 17.5. The van der Waals surface area contributed by atoms with Gasteiger partial charge in [0.15, 0.2) is 21.0 Å². The molecule has 21 rings (SSSR count). The molecular weight excluding hydrogens is 1670 g/mol. The largest absolute Gasteiger partial charge is 0.383 e. The summed E-state index contributed by atoms with van der Waals surface area (Å²) in [6, 6.07) is 32.8. The summed E-state index contributed by atoms with van der Waals surface area (Å²) in [5.74, 6) is 4.25. The molecule has 112 heavy (non-hydrogen) atoms. The van der Waals surface area contributed by atoms with Gasteiger partial charge in [-0.3, -0.25) is 4.79 Å².